The molecule has 1 aromatic carbocycles. The van der Waals surface area contributed by atoms with Gasteiger partial charge < -0.3 is 10.4 Å². The van der Waals surface area contributed by atoms with Gasteiger partial charge in [0.1, 0.15) is 4.90 Å². The number of aliphatic carboxylic acids is 1. The van der Waals surface area contributed by atoms with Crippen LogP contribution in [0.2, 0.25) is 0 Å². The van der Waals surface area contributed by atoms with E-state index in [0.29, 0.717) is 10.2 Å². The molecule has 1 aromatic rings. The maximum atomic E-state index is 12.0. The van der Waals surface area contributed by atoms with Gasteiger partial charge in [-0.05, 0) is 18.2 Å². The minimum Gasteiger partial charge on any atom is -0.481 e. The Bertz CT molecular complexity index is 657. The van der Waals surface area contributed by atoms with Gasteiger partial charge in [0.05, 0.1) is 12.1 Å². The third kappa shape index (κ3) is 3.48. The second-order valence-corrected chi connectivity index (χ2v) is 7.20. The first-order valence-corrected chi connectivity index (χ1v) is 8.36. The van der Waals surface area contributed by atoms with Gasteiger partial charge >= 0.3 is 5.97 Å². The van der Waals surface area contributed by atoms with Gasteiger partial charge in [-0.2, -0.15) is 8.42 Å². The number of sulfonamides is 1. The van der Waals surface area contributed by atoms with Crippen LogP contribution < -0.4 is 5.32 Å². The molecule has 1 aliphatic heterocycles. The second kappa shape index (κ2) is 5.51. The zero-order chi connectivity index (χ0) is 14.0. The molecule has 0 aromatic heterocycles. The Morgan fingerprint density at radius 2 is 2.21 bits per heavy atom. The van der Waals surface area contributed by atoms with Crippen LogP contribution in [-0.4, -0.2) is 30.4 Å². The van der Waals surface area contributed by atoms with E-state index in [0.717, 1.165) is 11.8 Å². The lowest BCUT2D eigenvalue weighted by Gasteiger charge is -2.17. The number of nitrogens with one attached hydrogen (secondary N) is 1. The number of fused-ring (bicyclic) bond motifs is 1. The molecule has 0 saturated heterocycles. The van der Waals surface area contributed by atoms with Gasteiger partial charge in [0.15, 0.2) is 5.17 Å². The highest BCUT2D eigenvalue weighted by molar-refractivity contribution is 9.10. The summed E-state index contributed by atoms with van der Waals surface area (Å²) in [6.45, 7) is 0. The third-order valence-electron chi connectivity index (χ3n) is 2.22. The van der Waals surface area contributed by atoms with Gasteiger partial charge in [0, 0.05) is 10.2 Å². The van der Waals surface area contributed by atoms with Crippen molar-refractivity contribution in [3.8, 4) is 0 Å². The van der Waals surface area contributed by atoms with Crippen molar-refractivity contribution in [3.05, 3.63) is 22.7 Å². The summed E-state index contributed by atoms with van der Waals surface area (Å²) >= 11 is 4.27. The Kier molecular flexibility index (Phi) is 4.16. The topological polar surface area (TPSA) is 95.8 Å². The van der Waals surface area contributed by atoms with Crippen LogP contribution in [0.15, 0.2) is 32.0 Å². The van der Waals surface area contributed by atoms with Crippen LogP contribution in [0.25, 0.3) is 0 Å². The maximum Gasteiger partial charge on any atom is 0.304 e. The lowest BCUT2D eigenvalue weighted by molar-refractivity contribution is -0.136. The van der Waals surface area contributed by atoms with Crippen molar-refractivity contribution in [2.24, 2.45) is 4.40 Å². The van der Waals surface area contributed by atoms with E-state index in [1.807, 2.05) is 0 Å². The molecule has 0 amide bonds. The lowest BCUT2D eigenvalue weighted by Crippen LogP contribution is -2.19. The maximum absolute atomic E-state index is 12.0. The quantitative estimate of drug-likeness (QED) is 0.852. The molecular formula is C10H9BrN2O4S2. The molecule has 1 heterocycles. The van der Waals surface area contributed by atoms with Crippen molar-refractivity contribution < 1.29 is 18.3 Å². The average Bonchev–Trinajstić information content (AvgIpc) is 2.29. The summed E-state index contributed by atoms with van der Waals surface area (Å²) in [6, 6.07) is 4.81. The second-order valence-electron chi connectivity index (χ2n) is 3.63. The minimum absolute atomic E-state index is 0.0569. The van der Waals surface area contributed by atoms with Crippen LogP contribution in [-0.2, 0) is 14.8 Å². The van der Waals surface area contributed by atoms with Crippen LogP contribution in [0.1, 0.15) is 6.42 Å². The summed E-state index contributed by atoms with van der Waals surface area (Å²) in [5.74, 6) is -0.682. The molecule has 0 saturated carbocycles. The number of nitrogens with zero attached hydrogens (tertiary/aromatic N) is 1. The Morgan fingerprint density at radius 3 is 2.89 bits per heavy atom. The number of thioether (sulfide) groups is 1. The first kappa shape index (κ1) is 14.4. The molecule has 102 valence electrons. The third-order valence-corrected chi connectivity index (χ3v) is 5.02. The van der Waals surface area contributed by atoms with Crippen molar-refractivity contribution >= 4 is 54.5 Å². The van der Waals surface area contributed by atoms with Crippen LogP contribution in [0.3, 0.4) is 0 Å². The zero-order valence-corrected chi connectivity index (χ0v) is 12.7. The Hall–Kier alpha value is -1.06. The molecule has 0 atom stereocenters. The highest BCUT2D eigenvalue weighted by Crippen LogP contribution is 2.31. The fourth-order valence-electron chi connectivity index (χ4n) is 1.41. The summed E-state index contributed by atoms with van der Waals surface area (Å²) < 4.78 is 28.2. The number of amidine groups is 1. The Labute approximate surface area is 122 Å². The number of rotatable bonds is 3. The SMILES string of the molecule is O=C(O)CCSC1=NS(=O)(=O)c2cc(Br)ccc2N1. The first-order valence-electron chi connectivity index (χ1n) is 5.14. The van der Waals surface area contributed by atoms with E-state index in [9.17, 15) is 13.2 Å². The van der Waals surface area contributed by atoms with E-state index in [-0.39, 0.29) is 22.2 Å². The van der Waals surface area contributed by atoms with Gasteiger partial charge in [0.2, 0.25) is 0 Å². The minimum atomic E-state index is -3.74. The summed E-state index contributed by atoms with van der Waals surface area (Å²) in [7, 11) is -3.74. The summed E-state index contributed by atoms with van der Waals surface area (Å²) in [4.78, 5) is 10.5. The van der Waals surface area contributed by atoms with E-state index in [4.69, 9.17) is 5.11 Å². The number of hydrogen-bond acceptors (Lipinski definition) is 5. The first-order chi connectivity index (χ1) is 8.88. The van der Waals surface area contributed by atoms with Crippen molar-refractivity contribution in [2.45, 2.75) is 11.3 Å². The van der Waals surface area contributed by atoms with Crippen LogP contribution in [0.5, 0.6) is 0 Å². The molecule has 0 unspecified atom stereocenters. The highest BCUT2D eigenvalue weighted by Gasteiger charge is 2.25. The zero-order valence-electron chi connectivity index (χ0n) is 9.46. The Balaban J connectivity index is 2.22. The van der Waals surface area contributed by atoms with Gasteiger partial charge in [-0.15, -0.1) is 4.40 Å². The molecule has 9 heteroatoms. The molecule has 0 bridgehead atoms. The molecule has 6 nitrogen and oxygen atoms in total. The van der Waals surface area contributed by atoms with Gasteiger partial charge in [-0.1, -0.05) is 27.7 Å². The molecule has 0 fully saturated rings. The van der Waals surface area contributed by atoms with E-state index >= 15 is 0 Å². The average molecular weight is 365 g/mol. The molecule has 2 rings (SSSR count). The van der Waals surface area contributed by atoms with Gasteiger partial charge in [0.25, 0.3) is 10.0 Å². The van der Waals surface area contributed by atoms with Crippen LogP contribution in [0, 0.1) is 0 Å². The molecule has 19 heavy (non-hydrogen) atoms. The smallest absolute Gasteiger partial charge is 0.304 e. The predicted molar refractivity (Wildman–Crippen MR) is 77.1 cm³/mol. The normalized spacial score (nSPS) is 16.2. The standard InChI is InChI=1S/C10H9BrN2O4S2/c11-6-1-2-7-8(5-6)19(16,17)13-10(12-7)18-4-3-9(14)15/h1-2,5H,3-4H2,(H,12,13)(H,14,15). The van der Waals surface area contributed by atoms with Crippen molar-refractivity contribution in [1.29, 1.82) is 0 Å². The molecule has 0 aliphatic carbocycles. The number of carboxylic acids is 1. The van der Waals surface area contributed by atoms with Crippen molar-refractivity contribution in [1.82, 2.24) is 0 Å². The van der Waals surface area contributed by atoms with Crippen LogP contribution >= 0.6 is 27.7 Å². The molecule has 0 radical (unpaired) electrons. The van der Waals surface area contributed by atoms with Crippen molar-refractivity contribution in [3.63, 3.8) is 0 Å². The van der Waals surface area contributed by atoms with Gasteiger partial charge in [-0.3, -0.25) is 4.79 Å². The predicted octanol–water partition coefficient (Wildman–Crippen LogP) is 2.13. The molecule has 1 aliphatic rings. The molecule has 0 spiro atoms. The van der Waals surface area contributed by atoms with E-state index in [2.05, 4.69) is 25.6 Å². The van der Waals surface area contributed by atoms with Gasteiger partial charge in [-0.25, -0.2) is 0 Å². The lowest BCUT2D eigenvalue weighted by atomic mass is 10.3. The summed E-state index contributed by atoms with van der Waals surface area (Å²) in [6.07, 6.45) is -0.0569. The largest absolute Gasteiger partial charge is 0.481 e. The fourth-order valence-corrected chi connectivity index (χ4v) is 4.11. The van der Waals surface area contributed by atoms with Crippen molar-refractivity contribution in [2.75, 3.05) is 11.1 Å². The Morgan fingerprint density at radius 1 is 1.47 bits per heavy atom. The van der Waals surface area contributed by atoms with E-state index in [1.165, 1.54) is 6.07 Å². The highest BCUT2D eigenvalue weighted by atomic mass is 79.9. The monoisotopic (exact) mass is 364 g/mol. The van der Waals surface area contributed by atoms with Crippen LogP contribution in [0.4, 0.5) is 5.69 Å². The number of halogens is 1. The number of carbonyl (C=O) groups is 1. The number of anilines is 1. The number of benzene rings is 1. The molecule has 2 N–H and O–H groups in total. The molecular weight excluding hydrogens is 356 g/mol. The fraction of sp³-hybridized carbons (Fsp3) is 0.200. The summed E-state index contributed by atoms with van der Waals surface area (Å²) in [5.41, 5.74) is 0.441. The number of carboxylic acid groups (broad SMARTS) is 1. The number of hydrogen-bond donors (Lipinski definition) is 2. The summed E-state index contributed by atoms with van der Waals surface area (Å²) in [5, 5.41) is 11.6. The van der Waals surface area contributed by atoms with E-state index < -0.39 is 16.0 Å². The van der Waals surface area contributed by atoms with E-state index in [1.54, 1.807) is 12.1 Å².